The van der Waals surface area contributed by atoms with Crippen LogP contribution in [0.3, 0.4) is 0 Å². The van der Waals surface area contributed by atoms with Gasteiger partial charge < -0.3 is 4.90 Å². The molecule has 1 saturated heterocycles. The molecule has 1 amide bonds. The van der Waals surface area contributed by atoms with Crippen LogP contribution >= 0.6 is 23.2 Å². The largest absolute Gasteiger partial charge is 0.339 e. The van der Waals surface area contributed by atoms with Gasteiger partial charge in [0.1, 0.15) is 0 Å². The third kappa shape index (κ3) is 4.11. The Morgan fingerprint density at radius 1 is 1.38 bits per heavy atom. The SMILES string of the molecule is CCN(C(=O)Cc1ccc(Cl)cc1Cl)C1CCS(=O)(=O)C1. The van der Waals surface area contributed by atoms with Gasteiger partial charge in [0, 0.05) is 22.6 Å². The van der Waals surface area contributed by atoms with Crippen LogP contribution in [0.4, 0.5) is 0 Å². The average molecular weight is 350 g/mol. The fourth-order valence-electron chi connectivity index (χ4n) is 2.59. The van der Waals surface area contributed by atoms with Gasteiger partial charge in [0.15, 0.2) is 9.84 Å². The van der Waals surface area contributed by atoms with Gasteiger partial charge in [-0.25, -0.2) is 8.42 Å². The van der Waals surface area contributed by atoms with E-state index in [0.29, 0.717) is 28.6 Å². The van der Waals surface area contributed by atoms with Crippen LogP contribution in [0.5, 0.6) is 0 Å². The van der Waals surface area contributed by atoms with Crippen LogP contribution in [0.15, 0.2) is 18.2 Å². The molecule has 0 spiro atoms. The summed E-state index contributed by atoms with van der Waals surface area (Å²) in [6.07, 6.45) is 0.663. The Balaban J connectivity index is 2.10. The first kappa shape index (κ1) is 16.6. The molecular weight excluding hydrogens is 333 g/mol. The van der Waals surface area contributed by atoms with Crippen LogP contribution in [0.2, 0.25) is 10.0 Å². The van der Waals surface area contributed by atoms with E-state index in [-0.39, 0.29) is 29.9 Å². The first-order valence-electron chi connectivity index (χ1n) is 6.76. The van der Waals surface area contributed by atoms with Crippen molar-refractivity contribution in [1.82, 2.24) is 4.90 Å². The summed E-state index contributed by atoms with van der Waals surface area (Å²) in [5.41, 5.74) is 0.699. The van der Waals surface area contributed by atoms with Gasteiger partial charge in [-0.2, -0.15) is 0 Å². The highest BCUT2D eigenvalue weighted by atomic mass is 35.5. The highest BCUT2D eigenvalue weighted by molar-refractivity contribution is 7.91. The van der Waals surface area contributed by atoms with E-state index < -0.39 is 9.84 Å². The number of carbonyl (C=O) groups excluding carboxylic acids is 1. The number of amides is 1. The highest BCUT2D eigenvalue weighted by Gasteiger charge is 2.33. The van der Waals surface area contributed by atoms with Crippen molar-refractivity contribution in [1.29, 1.82) is 0 Å². The zero-order valence-electron chi connectivity index (χ0n) is 11.7. The van der Waals surface area contributed by atoms with Crippen molar-refractivity contribution in [3.63, 3.8) is 0 Å². The minimum Gasteiger partial charge on any atom is -0.339 e. The minimum absolute atomic E-state index is 0.0565. The molecule has 2 rings (SSSR count). The van der Waals surface area contributed by atoms with Crippen molar-refractivity contribution in [2.75, 3.05) is 18.1 Å². The van der Waals surface area contributed by atoms with Gasteiger partial charge in [-0.05, 0) is 31.0 Å². The van der Waals surface area contributed by atoms with Crippen molar-refractivity contribution >= 4 is 38.9 Å². The average Bonchev–Trinajstić information content (AvgIpc) is 2.74. The Bertz CT molecular complexity index is 646. The molecule has 0 saturated carbocycles. The van der Waals surface area contributed by atoms with Gasteiger partial charge in [0.25, 0.3) is 0 Å². The van der Waals surface area contributed by atoms with Crippen LogP contribution < -0.4 is 0 Å². The maximum Gasteiger partial charge on any atom is 0.227 e. The van der Waals surface area contributed by atoms with Gasteiger partial charge in [-0.3, -0.25) is 4.79 Å². The Hall–Kier alpha value is -0.780. The van der Waals surface area contributed by atoms with E-state index in [1.54, 1.807) is 23.1 Å². The maximum absolute atomic E-state index is 12.4. The zero-order valence-corrected chi connectivity index (χ0v) is 14.0. The number of benzene rings is 1. The minimum atomic E-state index is -3.01. The standard InChI is InChI=1S/C14H17Cl2NO3S/c1-2-17(12-5-6-21(19,20)9-12)14(18)7-10-3-4-11(15)8-13(10)16/h3-4,8,12H,2,5-7,9H2,1H3. The molecule has 1 unspecified atom stereocenters. The summed E-state index contributed by atoms with van der Waals surface area (Å²) in [6.45, 7) is 2.34. The molecule has 1 aromatic rings. The monoisotopic (exact) mass is 349 g/mol. The molecule has 1 aliphatic rings. The van der Waals surface area contributed by atoms with Crippen molar-refractivity contribution in [3.8, 4) is 0 Å². The first-order valence-corrected chi connectivity index (χ1v) is 9.34. The van der Waals surface area contributed by atoms with Gasteiger partial charge >= 0.3 is 0 Å². The molecule has 0 N–H and O–H groups in total. The van der Waals surface area contributed by atoms with E-state index >= 15 is 0 Å². The number of hydrogen-bond acceptors (Lipinski definition) is 3. The molecule has 0 radical (unpaired) electrons. The first-order chi connectivity index (χ1) is 9.82. The Labute approximate surface area is 134 Å². The molecule has 116 valence electrons. The fourth-order valence-corrected chi connectivity index (χ4v) is 4.79. The topological polar surface area (TPSA) is 54.5 Å². The molecule has 0 bridgehead atoms. The lowest BCUT2D eigenvalue weighted by Crippen LogP contribution is -2.41. The second-order valence-corrected chi connectivity index (χ2v) is 8.22. The lowest BCUT2D eigenvalue weighted by atomic mass is 10.1. The van der Waals surface area contributed by atoms with Crippen LogP contribution in [0.1, 0.15) is 18.9 Å². The number of hydrogen-bond donors (Lipinski definition) is 0. The van der Waals surface area contributed by atoms with E-state index in [4.69, 9.17) is 23.2 Å². The lowest BCUT2D eigenvalue weighted by Gasteiger charge is -2.27. The van der Waals surface area contributed by atoms with Gasteiger partial charge in [-0.1, -0.05) is 29.3 Å². The molecule has 21 heavy (non-hydrogen) atoms. The smallest absolute Gasteiger partial charge is 0.227 e. The Kier molecular flexibility index (Phi) is 5.17. The summed E-state index contributed by atoms with van der Waals surface area (Å²) in [4.78, 5) is 14.1. The van der Waals surface area contributed by atoms with E-state index in [1.165, 1.54) is 0 Å². The molecule has 1 heterocycles. The fraction of sp³-hybridized carbons (Fsp3) is 0.500. The number of nitrogens with zero attached hydrogens (tertiary/aromatic N) is 1. The molecule has 7 heteroatoms. The van der Waals surface area contributed by atoms with Crippen LogP contribution in [0, 0.1) is 0 Å². The Morgan fingerprint density at radius 3 is 2.62 bits per heavy atom. The number of carbonyl (C=O) groups is 1. The van der Waals surface area contributed by atoms with Crippen molar-refractivity contribution in [3.05, 3.63) is 33.8 Å². The predicted octanol–water partition coefficient (Wildman–Crippen LogP) is 2.57. The highest BCUT2D eigenvalue weighted by Crippen LogP contribution is 2.23. The molecule has 0 aliphatic carbocycles. The van der Waals surface area contributed by atoms with Crippen LogP contribution in [-0.2, 0) is 21.1 Å². The predicted molar refractivity (Wildman–Crippen MR) is 84.6 cm³/mol. The summed E-state index contributed by atoms with van der Waals surface area (Å²) >= 11 is 11.9. The maximum atomic E-state index is 12.4. The molecule has 1 aliphatic heterocycles. The molecule has 4 nitrogen and oxygen atoms in total. The van der Waals surface area contributed by atoms with Gasteiger partial charge in [-0.15, -0.1) is 0 Å². The van der Waals surface area contributed by atoms with E-state index in [1.807, 2.05) is 6.92 Å². The van der Waals surface area contributed by atoms with E-state index in [0.717, 1.165) is 0 Å². The van der Waals surface area contributed by atoms with Crippen LogP contribution in [0.25, 0.3) is 0 Å². The summed E-state index contributed by atoms with van der Waals surface area (Å²) in [7, 11) is -3.01. The number of rotatable bonds is 4. The van der Waals surface area contributed by atoms with Crippen molar-refractivity contribution in [2.45, 2.75) is 25.8 Å². The van der Waals surface area contributed by atoms with Crippen molar-refractivity contribution < 1.29 is 13.2 Å². The second-order valence-electron chi connectivity index (χ2n) is 5.15. The van der Waals surface area contributed by atoms with E-state index in [2.05, 4.69) is 0 Å². The molecule has 1 atom stereocenters. The quantitative estimate of drug-likeness (QED) is 0.839. The van der Waals surface area contributed by atoms with Crippen molar-refractivity contribution in [2.24, 2.45) is 0 Å². The summed E-state index contributed by atoms with van der Waals surface area (Å²) in [5, 5.41) is 0.969. The van der Waals surface area contributed by atoms with Gasteiger partial charge in [0.2, 0.25) is 5.91 Å². The lowest BCUT2D eigenvalue weighted by molar-refractivity contribution is -0.132. The zero-order chi connectivity index (χ0) is 15.6. The molecule has 0 aromatic heterocycles. The van der Waals surface area contributed by atoms with Gasteiger partial charge in [0.05, 0.1) is 17.9 Å². The number of sulfone groups is 1. The summed E-state index contributed by atoms with van der Waals surface area (Å²) < 4.78 is 23.1. The third-order valence-corrected chi connectivity index (χ3v) is 6.00. The summed E-state index contributed by atoms with van der Waals surface area (Å²) in [5.74, 6) is 0.105. The third-order valence-electron chi connectivity index (χ3n) is 3.67. The Morgan fingerprint density at radius 2 is 2.10 bits per heavy atom. The normalized spacial score (nSPS) is 20.4. The molecule has 1 aromatic carbocycles. The number of likely N-dealkylation sites (N-methyl/N-ethyl adjacent to an activating group) is 1. The molecular formula is C14H17Cl2NO3S. The molecule has 1 fully saturated rings. The van der Waals surface area contributed by atoms with Crippen LogP contribution in [-0.4, -0.2) is 43.3 Å². The number of halogens is 2. The second kappa shape index (κ2) is 6.55. The summed E-state index contributed by atoms with van der Waals surface area (Å²) in [6, 6.07) is 4.79. The van der Waals surface area contributed by atoms with E-state index in [9.17, 15) is 13.2 Å².